The highest BCUT2D eigenvalue weighted by Crippen LogP contribution is 2.15. The molecule has 4 heteroatoms. The molecule has 0 spiro atoms. The molecule has 0 radical (unpaired) electrons. The standard InChI is InChI=1S/C8H8ClNOS/c1-6(12)10-11-8-4-2-3-7(9)5-8/h2-5H,1H3,(H,10,12). The van der Waals surface area contributed by atoms with Crippen molar-refractivity contribution in [1.29, 1.82) is 0 Å². The number of hydrogen-bond donors (Lipinski definition) is 1. The molecule has 0 saturated carbocycles. The van der Waals surface area contributed by atoms with Gasteiger partial charge in [-0.05, 0) is 19.1 Å². The Morgan fingerprint density at radius 3 is 2.92 bits per heavy atom. The fourth-order valence-electron chi connectivity index (χ4n) is 0.661. The van der Waals surface area contributed by atoms with Gasteiger partial charge in [-0.15, -0.1) is 0 Å². The third-order valence-corrected chi connectivity index (χ3v) is 1.43. The van der Waals surface area contributed by atoms with E-state index in [0.717, 1.165) is 0 Å². The van der Waals surface area contributed by atoms with Crippen molar-refractivity contribution >= 4 is 28.8 Å². The first-order valence-corrected chi connectivity index (χ1v) is 4.16. The fraction of sp³-hybridized carbons (Fsp3) is 0.125. The lowest BCUT2D eigenvalue weighted by molar-refractivity contribution is 0.264. The average Bonchev–Trinajstić information content (AvgIpc) is 2.01. The molecule has 1 rings (SSSR count). The van der Waals surface area contributed by atoms with E-state index >= 15 is 0 Å². The zero-order valence-corrected chi connectivity index (χ0v) is 8.08. The van der Waals surface area contributed by atoms with Gasteiger partial charge in [0.25, 0.3) is 0 Å². The molecule has 0 aromatic heterocycles. The van der Waals surface area contributed by atoms with Crippen molar-refractivity contribution in [3.8, 4) is 5.75 Å². The van der Waals surface area contributed by atoms with Gasteiger partial charge in [0.05, 0.1) is 0 Å². The second-order valence-electron chi connectivity index (χ2n) is 2.22. The van der Waals surface area contributed by atoms with Crippen LogP contribution in [0.5, 0.6) is 5.75 Å². The molecule has 0 aliphatic heterocycles. The van der Waals surface area contributed by atoms with Gasteiger partial charge in [0.15, 0.2) is 5.75 Å². The number of hydrogen-bond acceptors (Lipinski definition) is 2. The van der Waals surface area contributed by atoms with Crippen LogP contribution in [0.3, 0.4) is 0 Å². The van der Waals surface area contributed by atoms with Gasteiger partial charge in [0, 0.05) is 11.1 Å². The highest BCUT2D eigenvalue weighted by atomic mass is 35.5. The fourth-order valence-corrected chi connectivity index (χ4v) is 0.883. The first-order valence-electron chi connectivity index (χ1n) is 3.37. The number of halogens is 1. The second kappa shape index (κ2) is 4.28. The average molecular weight is 202 g/mol. The third-order valence-electron chi connectivity index (χ3n) is 1.11. The van der Waals surface area contributed by atoms with Crippen molar-refractivity contribution in [2.24, 2.45) is 0 Å². The number of benzene rings is 1. The Morgan fingerprint density at radius 1 is 1.58 bits per heavy atom. The van der Waals surface area contributed by atoms with E-state index in [0.29, 0.717) is 15.8 Å². The predicted octanol–water partition coefficient (Wildman–Crippen LogP) is 2.57. The molecule has 0 amide bonds. The molecule has 1 aromatic rings. The minimum Gasteiger partial charge on any atom is -0.382 e. The lowest BCUT2D eigenvalue weighted by Crippen LogP contribution is -2.21. The summed E-state index contributed by atoms with van der Waals surface area (Å²) in [5, 5.41) is 0.635. The minimum atomic E-state index is 0.579. The normalized spacial score (nSPS) is 9.17. The summed E-state index contributed by atoms with van der Waals surface area (Å²) in [6.45, 7) is 1.74. The lowest BCUT2D eigenvalue weighted by Gasteiger charge is -2.05. The van der Waals surface area contributed by atoms with Crippen molar-refractivity contribution in [3.63, 3.8) is 0 Å². The van der Waals surface area contributed by atoms with Gasteiger partial charge < -0.3 is 4.84 Å². The number of hydroxylamine groups is 1. The predicted molar refractivity (Wildman–Crippen MR) is 53.5 cm³/mol. The molecular weight excluding hydrogens is 194 g/mol. The zero-order chi connectivity index (χ0) is 8.97. The number of nitrogens with one attached hydrogen (secondary N) is 1. The molecule has 0 aliphatic rings. The molecule has 0 unspecified atom stereocenters. The maximum absolute atomic E-state index is 5.72. The summed E-state index contributed by atoms with van der Waals surface area (Å²) in [7, 11) is 0. The van der Waals surface area contributed by atoms with E-state index in [1.54, 1.807) is 31.2 Å². The summed E-state index contributed by atoms with van der Waals surface area (Å²) in [5.74, 6) is 0.645. The van der Waals surface area contributed by atoms with Crippen molar-refractivity contribution in [1.82, 2.24) is 5.48 Å². The molecule has 1 N–H and O–H groups in total. The van der Waals surface area contributed by atoms with E-state index in [-0.39, 0.29) is 0 Å². The Kier molecular flexibility index (Phi) is 3.31. The molecule has 0 aliphatic carbocycles. The van der Waals surface area contributed by atoms with Gasteiger partial charge in [0.2, 0.25) is 0 Å². The van der Waals surface area contributed by atoms with Crippen molar-refractivity contribution < 1.29 is 4.84 Å². The Hall–Kier alpha value is -0.800. The monoisotopic (exact) mass is 201 g/mol. The Morgan fingerprint density at radius 2 is 2.33 bits per heavy atom. The van der Waals surface area contributed by atoms with E-state index in [1.165, 1.54) is 0 Å². The van der Waals surface area contributed by atoms with Crippen LogP contribution >= 0.6 is 23.8 Å². The summed E-state index contributed by atoms with van der Waals surface area (Å²) in [6.07, 6.45) is 0. The first-order chi connectivity index (χ1) is 5.68. The largest absolute Gasteiger partial charge is 0.382 e. The van der Waals surface area contributed by atoms with E-state index in [1.807, 2.05) is 0 Å². The summed E-state index contributed by atoms with van der Waals surface area (Å²) in [4.78, 5) is 5.65. The van der Waals surface area contributed by atoms with Crippen molar-refractivity contribution in [3.05, 3.63) is 29.3 Å². The van der Waals surface area contributed by atoms with Crippen LogP contribution in [0.1, 0.15) is 6.92 Å². The van der Waals surface area contributed by atoms with Gasteiger partial charge in [-0.1, -0.05) is 29.9 Å². The Labute approximate surface area is 81.4 Å². The van der Waals surface area contributed by atoms with Crippen molar-refractivity contribution in [2.45, 2.75) is 6.92 Å². The van der Waals surface area contributed by atoms with Crippen LogP contribution in [0, 0.1) is 0 Å². The van der Waals surface area contributed by atoms with Crippen LogP contribution < -0.4 is 10.3 Å². The van der Waals surface area contributed by atoms with Gasteiger partial charge >= 0.3 is 0 Å². The van der Waals surface area contributed by atoms with Crippen LogP contribution in [0.15, 0.2) is 24.3 Å². The van der Waals surface area contributed by atoms with Crippen LogP contribution in [-0.2, 0) is 0 Å². The maximum Gasteiger partial charge on any atom is 0.156 e. The highest BCUT2D eigenvalue weighted by molar-refractivity contribution is 7.80. The van der Waals surface area contributed by atoms with Gasteiger partial charge in [-0.3, -0.25) is 0 Å². The summed E-state index contributed by atoms with van der Waals surface area (Å²) < 4.78 is 0. The van der Waals surface area contributed by atoms with Crippen LogP contribution in [0.25, 0.3) is 0 Å². The van der Waals surface area contributed by atoms with Gasteiger partial charge in [-0.25, -0.2) is 5.48 Å². The molecular formula is C8H8ClNOS. The molecule has 0 heterocycles. The summed E-state index contributed by atoms with van der Waals surface area (Å²) in [5.41, 5.74) is 2.56. The van der Waals surface area contributed by atoms with E-state index in [9.17, 15) is 0 Å². The third kappa shape index (κ3) is 3.07. The summed E-state index contributed by atoms with van der Waals surface area (Å²) in [6, 6.07) is 7.07. The van der Waals surface area contributed by atoms with Crippen LogP contribution in [-0.4, -0.2) is 4.99 Å². The van der Waals surface area contributed by atoms with Crippen molar-refractivity contribution in [2.75, 3.05) is 0 Å². The maximum atomic E-state index is 5.72. The van der Waals surface area contributed by atoms with Crippen LogP contribution in [0.4, 0.5) is 0 Å². The molecule has 0 saturated heterocycles. The van der Waals surface area contributed by atoms with Gasteiger partial charge in [0.1, 0.15) is 4.99 Å². The molecule has 0 atom stereocenters. The minimum absolute atomic E-state index is 0.579. The SMILES string of the molecule is CC(=S)NOc1cccc(Cl)c1. The quantitative estimate of drug-likeness (QED) is 0.587. The molecule has 1 aromatic carbocycles. The first kappa shape index (κ1) is 9.29. The summed E-state index contributed by atoms with van der Waals surface area (Å²) >= 11 is 10.5. The van der Waals surface area contributed by atoms with E-state index in [4.69, 9.17) is 28.7 Å². The topological polar surface area (TPSA) is 21.3 Å². The lowest BCUT2D eigenvalue weighted by atomic mass is 10.3. The Bertz CT molecular complexity index is 290. The van der Waals surface area contributed by atoms with Crippen LogP contribution in [0.2, 0.25) is 5.02 Å². The molecule has 64 valence electrons. The van der Waals surface area contributed by atoms with E-state index < -0.39 is 0 Å². The molecule has 12 heavy (non-hydrogen) atoms. The zero-order valence-electron chi connectivity index (χ0n) is 6.50. The van der Waals surface area contributed by atoms with Gasteiger partial charge in [-0.2, -0.15) is 0 Å². The van der Waals surface area contributed by atoms with E-state index in [2.05, 4.69) is 5.48 Å². The molecule has 0 bridgehead atoms. The second-order valence-corrected chi connectivity index (χ2v) is 3.27. The number of thiocarbonyl (C=S) groups is 1. The highest BCUT2D eigenvalue weighted by Gasteiger charge is 1.93. The molecule has 0 fully saturated rings. The molecule has 2 nitrogen and oxygen atoms in total. The number of rotatable bonds is 2. The smallest absolute Gasteiger partial charge is 0.156 e. The Balaban J connectivity index is 2.57.